The molecule has 1 atom stereocenters. The highest BCUT2D eigenvalue weighted by Crippen LogP contribution is 2.43. The van der Waals surface area contributed by atoms with Crippen LogP contribution < -0.4 is 16.4 Å². The fourth-order valence-corrected chi connectivity index (χ4v) is 2.99. The smallest absolute Gasteiger partial charge is 0.222 e. The van der Waals surface area contributed by atoms with Crippen molar-refractivity contribution in [3.63, 3.8) is 0 Å². The zero-order chi connectivity index (χ0) is 18.6. The lowest BCUT2D eigenvalue weighted by Gasteiger charge is -2.35. The molecule has 6 heteroatoms. The van der Waals surface area contributed by atoms with Crippen molar-refractivity contribution in [1.82, 2.24) is 15.0 Å². The van der Waals surface area contributed by atoms with Gasteiger partial charge in [0.1, 0.15) is 5.82 Å². The molecule has 0 bridgehead atoms. The average molecular weight is 350 g/mol. The molecule has 136 valence electrons. The lowest BCUT2D eigenvalue weighted by atomic mass is 9.70. The Hall–Kier alpha value is -2.89. The number of allylic oxidation sites excluding steroid dienone is 4. The van der Waals surface area contributed by atoms with Crippen molar-refractivity contribution in [2.75, 3.05) is 29.5 Å². The predicted octanol–water partition coefficient (Wildman–Crippen LogP) is 3.59. The summed E-state index contributed by atoms with van der Waals surface area (Å²) in [4.78, 5) is 12.9. The normalized spacial score (nSPS) is 18.3. The maximum atomic E-state index is 5.95. The Morgan fingerprint density at radius 1 is 1.19 bits per heavy atom. The van der Waals surface area contributed by atoms with Crippen LogP contribution in [0, 0.1) is 11.3 Å². The van der Waals surface area contributed by atoms with Gasteiger partial charge in [-0.2, -0.15) is 4.98 Å². The van der Waals surface area contributed by atoms with Crippen LogP contribution in [-0.4, -0.2) is 28.0 Å². The first kappa shape index (κ1) is 17.9. The number of pyridine rings is 1. The van der Waals surface area contributed by atoms with Crippen molar-refractivity contribution < 1.29 is 0 Å². The fraction of sp³-hybridized carbons (Fsp3) is 0.350. The molecule has 2 aromatic rings. The standard InChI is InChI=1S/C20H26N6/c1-14-6-4-8-16(20(14,2)3)17-12-18(26-19(21)25-17)24-11-10-23-15-7-5-9-22-13-15/h4-9,12-14,23H,10-11H2,1-3H3,(H3,21,24,25,26). The van der Waals surface area contributed by atoms with Crippen LogP contribution >= 0.6 is 0 Å². The fourth-order valence-electron chi connectivity index (χ4n) is 2.99. The number of nitrogens with two attached hydrogens (primary N) is 1. The van der Waals surface area contributed by atoms with E-state index in [1.165, 1.54) is 5.57 Å². The van der Waals surface area contributed by atoms with Gasteiger partial charge in [-0.15, -0.1) is 0 Å². The molecule has 0 spiro atoms. The second-order valence-corrected chi connectivity index (χ2v) is 7.07. The number of anilines is 3. The Balaban J connectivity index is 1.68. The van der Waals surface area contributed by atoms with E-state index in [0.29, 0.717) is 12.5 Å². The van der Waals surface area contributed by atoms with Crippen LogP contribution in [0.2, 0.25) is 0 Å². The van der Waals surface area contributed by atoms with Gasteiger partial charge in [0, 0.05) is 31.5 Å². The van der Waals surface area contributed by atoms with E-state index in [9.17, 15) is 0 Å². The lowest BCUT2D eigenvalue weighted by molar-refractivity contribution is 0.380. The van der Waals surface area contributed by atoms with Crippen molar-refractivity contribution in [2.45, 2.75) is 20.8 Å². The first-order chi connectivity index (χ1) is 12.5. The first-order valence-corrected chi connectivity index (χ1v) is 8.88. The summed E-state index contributed by atoms with van der Waals surface area (Å²) in [6.07, 6.45) is 9.99. The third-order valence-electron chi connectivity index (χ3n) is 4.94. The molecule has 0 aliphatic heterocycles. The average Bonchev–Trinajstić information content (AvgIpc) is 2.61. The summed E-state index contributed by atoms with van der Waals surface area (Å²) < 4.78 is 0. The minimum atomic E-state index is -0.00528. The number of rotatable bonds is 6. The van der Waals surface area contributed by atoms with Gasteiger partial charge in [0.2, 0.25) is 5.95 Å². The van der Waals surface area contributed by atoms with Gasteiger partial charge in [0.25, 0.3) is 0 Å². The van der Waals surface area contributed by atoms with Crippen LogP contribution in [0.15, 0.2) is 48.8 Å². The number of nitrogens with zero attached hydrogens (tertiary/aromatic N) is 3. The zero-order valence-electron chi connectivity index (χ0n) is 15.5. The van der Waals surface area contributed by atoms with E-state index in [0.717, 1.165) is 23.7 Å². The predicted molar refractivity (Wildman–Crippen MR) is 108 cm³/mol. The van der Waals surface area contributed by atoms with Crippen molar-refractivity contribution in [3.8, 4) is 0 Å². The maximum Gasteiger partial charge on any atom is 0.222 e. The Morgan fingerprint density at radius 3 is 2.77 bits per heavy atom. The zero-order valence-corrected chi connectivity index (χ0v) is 15.5. The number of hydrogen-bond donors (Lipinski definition) is 3. The quantitative estimate of drug-likeness (QED) is 0.690. The van der Waals surface area contributed by atoms with E-state index in [1.807, 2.05) is 18.2 Å². The molecule has 3 rings (SSSR count). The van der Waals surface area contributed by atoms with Crippen molar-refractivity contribution in [2.24, 2.45) is 11.3 Å². The number of nitrogens with one attached hydrogen (secondary N) is 2. The minimum Gasteiger partial charge on any atom is -0.382 e. The number of aromatic nitrogens is 3. The highest BCUT2D eigenvalue weighted by Gasteiger charge is 2.32. The summed E-state index contributed by atoms with van der Waals surface area (Å²) in [7, 11) is 0. The molecule has 26 heavy (non-hydrogen) atoms. The Kier molecular flexibility index (Phi) is 5.21. The largest absolute Gasteiger partial charge is 0.382 e. The Morgan fingerprint density at radius 2 is 2.00 bits per heavy atom. The van der Waals surface area contributed by atoms with E-state index < -0.39 is 0 Å². The molecule has 1 aliphatic rings. The van der Waals surface area contributed by atoms with Gasteiger partial charge in [0.15, 0.2) is 0 Å². The molecule has 0 amide bonds. The van der Waals surface area contributed by atoms with Crippen LogP contribution in [0.5, 0.6) is 0 Å². The third kappa shape index (κ3) is 4.02. The molecule has 0 radical (unpaired) electrons. The van der Waals surface area contributed by atoms with Crippen LogP contribution in [0.1, 0.15) is 26.5 Å². The lowest BCUT2D eigenvalue weighted by Crippen LogP contribution is -2.25. The van der Waals surface area contributed by atoms with Gasteiger partial charge in [-0.3, -0.25) is 4.98 Å². The summed E-state index contributed by atoms with van der Waals surface area (Å²) in [6, 6.07) is 5.86. The summed E-state index contributed by atoms with van der Waals surface area (Å²) in [5.41, 5.74) is 9.00. The molecule has 1 aliphatic carbocycles. The SMILES string of the molecule is CC1C=CC=C(c2cc(NCCNc3cccnc3)nc(N)n2)C1(C)C. The second-order valence-electron chi connectivity index (χ2n) is 7.07. The molecular weight excluding hydrogens is 324 g/mol. The first-order valence-electron chi connectivity index (χ1n) is 8.88. The van der Waals surface area contributed by atoms with Crippen LogP contribution in [0.25, 0.3) is 5.57 Å². The summed E-state index contributed by atoms with van der Waals surface area (Å²) in [5.74, 6) is 1.45. The summed E-state index contributed by atoms with van der Waals surface area (Å²) >= 11 is 0. The number of nitrogen functional groups attached to an aromatic ring is 1. The third-order valence-corrected chi connectivity index (χ3v) is 4.94. The van der Waals surface area contributed by atoms with Crippen molar-refractivity contribution in [3.05, 3.63) is 54.5 Å². The molecule has 0 saturated carbocycles. The monoisotopic (exact) mass is 350 g/mol. The molecule has 2 aromatic heterocycles. The summed E-state index contributed by atoms with van der Waals surface area (Å²) in [5, 5.41) is 6.62. The van der Waals surface area contributed by atoms with E-state index >= 15 is 0 Å². The van der Waals surface area contributed by atoms with Gasteiger partial charge in [-0.05, 0) is 29.0 Å². The van der Waals surface area contributed by atoms with Gasteiger partial charge < -0.3 is 16.4 Å². The molecule has 0 fully saturated rings. The van der Waals surface area contributed by atoms with E-state index in [4.69, 9.17) is 5.73 Å². The minimum absolute atomic E-state index is 0.00528. The van der Waals surface area contributed by atoms with Gasteiger partial charge >= 0.3 is 0 Å². The molecular formula is C20H26N6. The van der Waals surface area contributed by atoms with Gasteiger partial charge in [-0.25, -0.2) is 4.98 Å². The second kappa shape index (κ2) is 7.56. The van der Waals surface area contributed by atoms with Crippen molar-refractivity contribution in [1.29, 1.82) is 0 Å². The number of hydrogen-bond acceptors (Lipinski definition) is 6. The topological polar surface area (TPSA) is 88.8 Å². The highest BCUT2D eigenvalue weighted by atomic mass is 15.1. The molecule has 1 unspecified atom stereocenters. The van der Waals surface area contributed by atoms with E-state index in [-0.39, 0.29) is 11.4 Å². The molecule has 6 nitrogen and oxygen atoms in total. The van der Waals surface area contributed by atoms with Crippen LogP contribution in [-0.2, 0) is 0 Å². The van der Waals surface area contributed by atoms with Gasteiger partial charge in [-0.1, -0.05) is 39.0 Å². The van der Waals surface area contributed by atoms with E-state index in [1.54, 1.807) is 12.4 Å². The highest BCUT2D eigenvalue weighted by molar-refractivity contribution is 5.72. The Bertz CT molecular complexity index is 810. The Labute approximate surface area is 154 Å². The molecule has 0 aromatic carbocycles. The summed E-state index contributed by atoms with van der Waals surface area (Å²) in [6.45, 7) is 8.15. The molecule has 0 saturated heterocycles. The van der Waals surface area contributed by atoms with Crippen LogP contribution in [0.4, 0.5) is 17.5 Å². The molecule has 2 heterocycles. The molecule has 4 N–H and O–H groups in total. The van der Waals surface area contributed by atoms with E-state index in [2.05, 4.69) is 64.6 Å². The maximum absolute atomic E-state index is 5.95. The van der Waals surface area contributed by atoms with Crippen molar-refractivity contribution >= 4 is 23.0 Å². The van der Waals surface area contributed by atoms with Gasteiger partial charge in [0.05, 0.1) is 11.4 Å². The van der Waals surface area contributed by atoms with Crippen LogP contribution in [0.3, 0.4) is 0 Å².